The van der Waals surface area contributed by atoms with Crippen LogP contribution in [-0.4, -0.2) is 37.2 Å². The fourth-order valence-corrected chi connectivity index (χ4v) is 6.87. The van der Waals surface area contributed by atoms with Crippen molar-refractivity contribution in [2.24, 2.45) is 4.99 Å². The van der Waals surface area contributed by atoms with Crippen molar-refractivity contribution in [2.75, 3.05) is 16.4 Å². The summed E-state index contributed by atoms with van der Waals surface area (Å²) in [6.45, 7) is 4.16. The molecule has 8 heteroatoms. The van der Waals surface area contributed by atoms with Gasteiger partial charge < -0.3 is 4.90 Å². The number of amidine groups is 1. The molecule has 4 nitrogen and oxygen atoms in total. The third kappa shape index (κ3) is 3.86. The lowest BCUT2D eigenvalue weighted by molar-refractivity contribution is 0.600. The molecule has 148 valence electrons. The number of thioether (sulfide) groups is 1. The zero-order valence-corrected chi connectivity index (χ0v) is 18.7. The Morgan fingerprint density at radius 2 is 1.96 bits per heavy atom. The van der Waals surface area contributed by atoms with E-state index in [1.165, 1.54) is 29.0 Å². The molecule has 2 aromatic rings. The number of aryl methyl sites for hydroxylation is 2. The van der Waals surface area contributed by atoms with Crippen LogP contribution in [-0.2, 0) is 15.6 Å². The van der Waals surface area contributed by atoms with Crippen molar-refractivity contribution in [1.82, 2.24) is 0 Å². The summed E-state index contributed by atoms with van der Waals surface area (Å²) >= 11 is 4.81. The lowest BCUT2D eigenvalue weighted by Crippen LogP contribution is -2.39. The number of nitrogens with zero attached hydrogens (tertiary/aromatic N) is 2. The first-order valence-corrected chi connectivity index (χ1v) is 12.5. The van der Waals surface area contributed by atoms with Crippen LogP contribution in [0.25, 0.3) is 0 Å². The molecule has 1 fully saturated rings. The Balaban J connectivity index is 1.64. The predicted molar refractivity (Wildman–Crippen MR) is 117 cm³/mol. The van der Waals surface area contributed by atoms with Crippen molar-refractivity contribution < 1.29 is 12.8 Å². The van der Waals surface area contributed by atoms with Gasteiger partial charge in [0.25, 0.3) is 0 Å². The molecule has 0 aromatic heterocycles. The highest BCUT2D eigenvalue weighted by molar-refractivity contribution is 9.10. The highest BCUT2D eigenvalue weighted by atomic mass is 79.9. The molecule has 0 amide bonds. The van der Waals surface area contributed by atoms with E-state index in [1.54, 1.807) is 17.0 Å². The van der Waals surface area contributed by atoms with Gasteiger partial charge in [0.15, 0.2) is 15.0 Å². The molecule has 0 unspecified atom stereocenters. The third-order valence-electron chi connectivity index (χ3n) is 5.22. The molecule has 2 aliphatic heterocycles. The Kier molecular flexibility index (Phi) is 5.31. The van der Waals surface area contributed by atoms with Crippen LogP contribution in [0.2, 0.25) is 0 Å². The smallest absolute Gasteiger partial charge is 0.164 e. The first-order valence-electron chi connectivity index (χ1n) is 8.95. The van der Waals surface area contributed by atoms with Crippen molar-refractivity contribution in [3.63, 3.8) is 0 Å². The minimum Gasteiger partial charge on any atom is -0.312 e. The number of hydrogen-bond donors (Lipinski definition) is 0. The van der Waals surface area contributed by atoms with Crippen LogP contribution in [0.4, 0.5) is 10.1 Å². The van der Waals surface area contributed by atoms with E-state index in [0.29, 0.717) is 21.1 Å². The minimum absolute atomic E-state index is 0.00434. The van der Waals surface area contributed by atoms with Gasteiger partial charge in [-0.05, 0) is 48.7 Å². The second-order valence-corrected chi connectivity index (χ2v) is 11.3. The van der Waals surface area contributed by atoms with Gasteiger partial charge in [-0.15, -0.1) is 0 Å². The van der Waals surface area contributed by atoms with Crippen molar-refractivity contribution in [3.8, 4) is 0 Å². The normalized spacial score (nSPS) is 23.0. The van der Waals surface area contributed by atoms with Gasteiger partial charge in [-0.3, -0.25) is 4.99 Å². The molecule has 4 rings (SSSR count). The second-order valence-electron chi connectivity index (χ2n) is 7.30. The van der Waals surface area contributed by atoms with Gasteiger partial charge in [0, 0.05) is 10.2 Å². The van der Waals surface area contributed by atoms with Crippen LogP contribution in [0.5, 0.6) is 0 Å². The highest BCUT2D eigenvalue weighted by Crippen LogP contribution is 2.37. The molecule has 1 saturated heterocycles. The Bertz CT molecular complexity index is 1070. The molecule has 0 aliphatic carbocycles. The molecule has 2 aliphatic rings. The van der Waals surface area contributed by atoms with E-state index in [-0.39, 0.29) is 29.4 Å². The third-order valence-corrected chi connectivity index (χ3v) is 8.45. The fourth-order valence-electron chi connectivity index (χ4n) is 3.63. The summed E-state index contributed by atoms with van der Waals surface area (Å²) in [5, 5.41) is 0.685. The molecular formula is C20H20BrFN2O2S2. The lowest BCUT2D eigenvalue weighted by atomic mass is 10.1. The molecule has 0 radical (unpaired) electrons. The molecule has 2 aromatic carbocycles. The first kappa shape index (κ1) is 19.9. The molecule has 2 heterocycles. The minimum atomic E-state index is -3.16. The number of halogens is 2. The number of aliphatic imine (C=N–C) groups is 1. The highest BCUT2D eigenvalue weighted by Gasteiger charge is 2.47. The second kappa shape index (κ2) is 7.46. The first-order chi connectivity index (χ1) is 13.2. The van der Waals surface area contributed by atoms with Gasteiger partial charge in [0.1, 0.15) is 5.82 Å². The molecule has 0 saturated carbocycles. The van der Waals surface area contributed by atoms with Crippen LogP contribution in [0.3, 0.4) is 0 Å². The number of benzene rings is 2. The predicted octanol–water partition coefficient (Wildman–Crippen LogP) is 4.48. The van der Waals surface area contributed by atoms with Crippen molar-refractivity contribution in [2.45, 2.75) is 31.7 Å². The molecule has 0 N–H and O–H groups in total. The van der Waals surface area contributed by atoms with Crippen LogP contribution in [0, 0.1) is 19.7 Å². The zero-order chi connectivity index (χ0) is 20.1. The van der Waals surface area contributed by atoms with Crippen LogP contribution >= 0.6 is 27.7 Å². The summed E-state index contributed by atoms with van der Waals surface area (Å²) in [7, 11) is -3.16. The van der Waals surface area contributed by atoms with Gasteiger partial charge in [-0.1, -0.05) is 45.9 Å². The van der Waals surface area contributed by atoms with Gasteiger partial charge >= 0.3 is 0 Å². The average molecular weight is 483 g/mol. The Morgan fingerprint density at radius 3 is 2.68 bits per heavy atom. The van der Waals surface area contributed by atoms with E-state index >= 15 is 0 Å². The maximum atomic E-state index is 14.7. The fraction of sp³-hybridized carbons (Fsp3) is 0.350. The maximum Gasteiger partial charge on any atom is 0.164 e. The number of fused-ring (bicyclic) bond motifs is 1. The van der Waals surface area contributed by atoms with E-state index < -0.39 is 9.84 Å². The number of anilines is 1. The summed E-state index contributed by atoms with van der Waals surface area (Å²) in [4.78, 5) is 6.45. The van der Waals surface area contributed by atoms with E-state index in [9.17, 15) is 12.8 Å². The number of rotatable bonds is 3. The monoisotopic (exact) mass is 482 g/mol. The van der Waals surface area contributed by atoms with Crippen LogP contribution in [0.1, 0.15) is 16.7 Å². The summed E-state index contributed by atoms with van der Waals surface area (Å²) in [5.41, 5.74) is 4.01. The summed E-state index contributed by atoms with van der Waals surface area (Å²) in [6.07, 6.45) is 0. The van der Waals surface area contributed by atoms with Gasteiger partial charge in [-0.2, -0.15) is 0 Å². The topological polar surface area (TPSA) is 49.7 Å². The van der Waals surface area contributed by atoms with E-state index in [0.717, 1.165) is 5.56 Å². The van der Waals surface area contributed by atoms with Gasteiger partial charge in [0.2, 0.25) is 0 Å². The molecule has 28 heavy (non-hydrogen) atoms. The maximum absolute atomic E-state index is 14.7. The van der Waals surface area contributed by atoms with E-state index in [2.05, 4.69) is 53.0 Å². The standard InChI is InChI=1S/C20H20BrFN2O2S2/c1-12-3-4-14(7-13(12)2)9-27-20-23-17-10-28(25,26)11-19(17)24(20)18-6-5-15(21)8-16(18)22/h3-8,17,19H,9-11H2,1-2H3/t17-,19+/m0/s1. The number of hydrogen-bond acceptors (Lipinski definition) is 5. The lowest BCUT2D eigenvalue weighted by Gasteiger charge is -2.27. The van der Waals surface area contributed by atoms with Crippen molar-refractivity contribution in [3.05, 3.63) is 63.4 Å². The Morgan fingerprint density at radius 1 is 1.18 bits per heavy atom. The molecule has 0 spiro atoms. The van der Waals surface area contributed by atoms with Crippen molar-refractivity contribution >= 4 is 48.4 Å². The molecule has 0 bridgehead atoms. The zero-order valence-electron chi connectivity index (χ0n) is 15.5. The summed E-state index contributed by atoms with van der Waals surface area (Å²) < 4.78 is 39.6. The quantitative estimate of drug-likeness (QED) is 0.646. The number of sulfone groups is 1. The van der Waals surface area contributed by atoms with Gasteiger partial charge in [-0.25, -0.2) is 12.8 Å². The van der Waals surface area contributed by atoms with Crippen molar-refractivity contribution in [1.29, 1.82) is 0 Å². The molecule has 2 atom stereocenters. The summed E-state index contributed by atoms with van der Waals surface area (Å²) in [6, 6.07) is 10.5. The van der Waals surface area contributed by atoms with Crippen LogP contribution in [0.15, 0.2) is 45.9 Å². The van der Waals surface area contributed by atoms with E-state index in [4.69, 9.17) is 0 Å². The van der Waals surface area contributed by atoms with E-state index in [1.807, 2.05) is 0 Å². The summed E-state index contributed by atoms with van der Waals surface area (Å²) in [5.74, 6) is 0.337. The largest absolute Gasteiger partial charge is 0.312 e. The van der Waals surface area contributed by atoms with Crippen LogP contribution < -0.4 is 4.90 Å². The van der Waals surface area contributed by atoms with Gasteiger partial charge in [0.05, 0.1) is 29.3 Å². The SMILES string of the molecule is Cc1ccc(CSC2=N[C@H]3CS(=O)(=O)C[C@H]3N2c2ccc(Br)cc2F)cc1C. The Labute approximate surface area is 177 Å². The Hall–Kier alpha value is -1.38. The molecular weight excluding hydrogens is 463 g/mol. The average Bonchev–Trinajstić information content (AvgIpc) is 3.08.